The van der Waals surface area contributed by atoms with Crippen LogP contribution in [0.1, 0.15) is 6.42 Å². The summed E-state index contributed by atoms with van der Waals surface area (Å²) in [6, 6.07) is 0. The summed E-state index contributed by atoms with van der Waals surface area (Å²) in [6.45, 7) is 3.29. The lowest BCUT2D eigenvalue weighted by Gasteiger charge is -2.06. The molecule has 0 aliphatic carbocycles. The van der Waals surface area contributed by atoms with Crippen LogP contribution in [0.4, 0.5) is 0 Å². The van der Waals surface area contributed by atoms with Crippen LogP contribution in [-0.2, 0) is 28.0 Å². The van der Waals surface area contributed by atoms with Gasteiger partial charge in [-0.2, -0.15) is 0 Å². The molecule has 18 heavy (non-hydrogen) atoms. The van der Waals surface area contributed by atoms with Crippen molar-refractivity contribution in [1.82, 2.24) is 0 Å². The molecule has 0 aliphatic rings. The molecule has 0 aromatic carbocycles. The zero-order valence-corrected chi connectivity index (χ0v) is 12.2. The van der Waals surface area contributed by atoms with Crippen LogP contribution in [0.5, 0.6) is 0 Å². The molecule has 8 heteroatoms. The number of halogens is 1. The number of hydrogen-bond donors (Lipinski definition) is 0. The first-order valence-corrected chi connectivity index (χ1v) is 8.18. The van der Waals surface area contributed by atoms with Crippen molar-refractivity contribution in [3.05, 3.63) is 0 Å². The second kappa shape index (κ2) is 12.1. The van der Waals surface area contributed by atoms with E-state index in [2.05, 4.69) is 0 Å². The Balaban J connectivity index is 3.03. The Bertz CT molecular complexity index is 270. The van der Waals surface area contributed by atoms with Gasteiger partial charge in [-0.15, -0.1) is 0 Å². The Labute approximate surface area is 113 Å². The molecule has 0 fully saturated rings. The standard InChI is InChI=1S/C10H21ClO6S/c1-14-5-6-15-3-2-4-16-7-8-17-9-10-18(11,12)13/h2-10H2,1H3. The van der Waals surface area contributed by atoms with Gasteiger partial charge in [-0.1, -0.05) is 0 Å². The summed E-state index contributed by atoms with van der Waals surface area (Å²) in [5.74, 6) is -0.179. The van der Waals surface area contributed by atoms with Gasteiger partial charge in [0.15, 0.2) is 0 Å². The monoisotopic (exact) mass is 304 g/mol. The van der Waals surface area contributed by atoms with E-state index in [-0.39, 0.29) is 12.4 Å². The molecule has 0 aromatic rings. The van der Waals surface area contributed by atoms with Gasteiger partial charge in [-0.3, -0.25) is 0 Å². The zero-order chi connectivity index (χ0) is 13.7. The van der Waals surface area contributed by atoms with Gasteiger partial charge in [0.1, 0.15) is 0 Å². The molecule has 0 bridgehead atoms. The molecule has 0 spiro atoms. The van der Waals surface area contributed by atoms with Crippen LogP contribution >= 0.6 is 10.7 Å². The molecule has 0 N–H and O–H groups in total. The maximum absolute atomic E-state index is 10.5. The molecule has 0 radical (unpaired) electrons. The van der Waals surface area contributed by atoms with Gasteiger partial charge in [0.25, 0.3) is 0 Å². The van der Waals surface area contributed by atoms with Crippen LogP contribution in [0.2, 0.25) is 0 Å². The summed E-state index contributed by atoms with van der Waals surface area (Å²) in [5.41, 5.74) is 0. The van der Waals surface area contributed by atoms with E-state index in [1.807, 2.05) is 0 Å². The molecular formula is C10H21ClO6S. The van der Waals surface area contributed by atoms with E-state index in [1.54, 1.807) is 7.11 Å². The lowest BCUT2D eigenvalue weighted by Crippen LogP contribution is -2.11. The Morgan fingerprint density at radius 3 is 1.83 bits per heavy atom. The van der Waals surface area contributed by atoms with Gasteiger partial charge in [0.2, 0.25) is 9.05 Å². The summed E-state index contributed by atoms with van der Waals surface area (Å²) in [6.07, 6.45) is 0.805. The number of hydrogen-bond acceptors (Lipinski definition) is 6. The van der Waals surface area contributed by atoms with Crippen molar-refractivity contribution in [2.24, 2.45) is 0 Å². The highest BCUT2D eigenvalue weighted by atomic mass is 35.7. The third-order valence-corrected chi connectivity index (χ3v) is 2.97. The van der Waals surface area contributed by atoms with Gasteiger partial charge in [0.05, 0.1) is 38.8 Å². The smallest absolute Gasteiger partial charge is 0.234 e. The summed E-state index contributed by atoms with van der Waals surface area (Å²) in [4.78, 5) is 0. The Morgan fingerprint density at radius 1 is 0.833 bits per heavy atom. The van der Waals surface area contributed by atoms with Gasteiger partial charge in [0, 0.05) is 31.0 Å². The molecular weight excluding hydrogens is 284 g/mol. The fourth-order valence-electron chi connectivity index (χ4n) is 0.988. The Morgan fingerprint density at radius 2 is 1.33 bits per heavy atom. The first-order chi connectivity index (χ1) is 8.56. The number of ether oxygens (including phenoxy) is 4. The minimum Gasteiger partial charge on any atom is -0.382 e. The molecule has 0 saturated carbocycles. The number of methoxy groups -OCH3 is 1. The summed E-state index contributed by atoms with van der Waals surface area (Å²) in [7, 11) is 3.17. The van der Waals surface area contributed by atoms with Crippen molar-refractivity contribution >= 4 is 19.7 Å². The minimum absolute atomic E-state index is 0.0926. The van der Waals surface area contributed by atoms with Gasteiger partial charge < -0.3 is 18.9 Å². The van der Waals surface area contributed by atoms with Crippen LogP contribution in [0.25, 0.3) is 0 Å². The molecule has 110 valence electrons. The third-order valence-electron chi connectivity index (χ3n) is 1.85. The fraction of sp³-hybridized carbons (Fsp3) is 1.00. The highest BCUT2D eigenvalue weighted by molar-refractivity contribution is 8.13. The molecule has 0 saturated heterocycles. The van der Waals surface area contributed by atoms with Gasteiger partial charge >= 0.3 is 0 Å². The van der Waals surface area contributed by atoms with Crippen LogP contribution in [0.15, 0.2) is 0 Å². The average Bonchev–Trinajstić information content (AvgIpc) is 2.29. The summed E-state index contributed by atoms with van der Waals surface area (Å²) >= 11 is 0. The SMILES string of the molecule is COCCOCCCOCCOCCS(=O)(=O)Cl. The first-order valence-electron chi connectivity index (χ1n) is 5.71. The quantitative estimate of drug-likeness (QED) is 0.367. The highest BCUT2D eigenvalue weighted by Gasteiger charge is 2.03. The van der Waals surface area contributed by atoms with Crippen molar-refractivity contribution in [3.63, 3.8) is 0 Å². The zero-order valence-electron chi connectivity index (χ0n) is 10.6. The van der Waals surface area contributed by atoms with Gasteiger partial charge in [-0.05, 0) is 6.42 Å². The fourth-order valence-corrected chi connectivity index (χ4v) is 1.49. The van der Waals surface area contributed by atoms with E-state index >= 15 is 0 Å². The minimum atomic E-state index is -3.46. The van der Waals surface area contributed by atoms with Gasteiger partial charge in [-0.25, -0.2) is 8.42 Å². The van der Waals surface area contributed by atoms with Crippen molar-refractivity contribution in [3.8, 4) is 0 Å². The Hall–Kier alpha value is 0.0800. The third kappa shape index (κ3) is 16.1. The van der Waals surface area contributed by atoms with E-state index in [4.69, 9.17) is 29.6 Å². The molecule has 0 heterocycles. The average molecular weight is 305 g/mol. The largest absolute Gasteiger partial charge is 0.382 e. The molecule has 0 aliphatic heterocycles. The lowest BCUT2D eigenvalue weighted by atomic mass is 10.5. The maximum Gasteiger partial charge on any atom is 0.234 e. The highest BCUT2D eigenvalue weighted by Crippen LogP contribution is 1.95. The predicted molar refractivity (Wildman–Crippen MR) is 68.6 cm³/mol. The second-order valence-electron chi connectivity index (χ2n) is 3.43. The lowest BCUT2D eigenvalue weighted by molar-refractivity contribution is 0.0309. The van der Waals surface area contributed by atoms with Crippen LogP contribution in [0, 0.1) is 0 Å². The first kappa shape index (κ1) is 18.1. The Kier molecular flexibility index (Phi) is 12.2. The predicted octanol–water partition coefficient (Wildman–Crippen LogP) is 0.641. The van der Waals surface area contributed by atoms with Crippen LogP contribution in [0.3, 0.4) is 0 Å². The van der Waals surface area contributed by atoms with E-state index in [0.717, 1.165) is 6.42 Å². The molecule has 6 nitrogen and oxygen atoms in total. The van der Waals surface area contributed by atoms with E-state index in [1.165, 1.54) is 0 Å². The van der Waals surface area contributed by atoms with E-state index < -0.39 is 9.05 Å². The van der Waals surface area contributed by atoms with Crippen molar-refractivity contribution in [2.75, 3.05) is 59.1 Å². The van der Waals surface area contributed by atoms with Crippen LogP contribution in [-0.4, -0.2) is 67.5 Å². The van der Waals surface area contributed by atoms with Crippen molar-refractivity contribution in [1.29, 1.82) is 0 Å². The van der Waals surface area contributed by atoms with E-state index in [9.17, 15) is 8.42 Å². The molecule has 0 rings (SSSR count). The topological polar surface area (TPSA) is 71.1 Å². The number of rotatable bonds is 13. The van der Waals surface area contributed by atoms with Crippen LogP contribution < -0.4 is 0 Å². The maximum atomic E-state index is 10.5. The normalized spacial score (nSPS) is 11.9. The summed E-state index contributed by atoms with van der Waals surface area (Å²) < 4.78 is 41.4. The second-order valence-corrected chi connectivity index (χ2v) is 6.32. The molecule has 0 aromatic heterocycles. The molecule has 0 atom stereocenters. The van der Waals surface area contributed by atoms with Crippen molar-refractivity contribution < 1.29 is 27.4 Å². The van der Waals surface area contributed by atoms with E-state index in [0.29, 0.717) is 39.6 Å². The van der Waals surface area contributed by atoms with Crippen molar-refractivity contribution in [2.45, 2.75) is 6.42 Å². The molecule has 0 unspecified atom stereocenters. The summed E-state index contributed by atoms with van der Waals surface area (Å²) in [5, 5.41) is 0. The molecule has 0 amide bonds.